The lowest BCUT2D eigenvalue weighted by molar-refractivity contribution is 0.139. The van der Waals surface area contributed by atoms with Crippen LogP contribution in [0.3, 0.4) is 0 Å². The van der Waals surface area contributed by atoms with Crippen molar-refractivity contribution in [2.45, 2.75) is 44.7 Å². The second kappa shape index (κ2) is 7.20. The van der Waals surface area contributed by atoms with E-state index in [1.165, 1.54) is 32.2 Å². The number of methoxy groups -OCH3 is 1. The van der Waals surface area contributed by atoms with Gasteiger partial charge in [0.2, 0.25) is 0 Å². The van der Waals surface area contributed by atoms with Crippen molar-refractivity contribution in [3.63, 3.8) is 0 Å². The van der Waals surface area contributed by atoms with Crippen molar-refractivity contribution < 1.29 is 4.74 Å². The Morgan fingerprint density at radius 2 is 2.20 bits per heavy atom. The molecule has 0 aromatic heterocycles. The van der Waals surface area contributed by atoms with Gasteiger partial charge in [0.25, 0.3) is 0 Å². The minimum atomic E-state index is 0.668. The van der Waals surface area contributed by atoms with Crippen LogP contribution in [0.5, 0.6) is 0 Å². The summed E-state index contributed by atoms with van der Waals surface area (Å²) >= 11 is 0. The fourth-order valence-corrected chi connectivity index (χ4v) is 1.67. The van der Waals surface area contributed by atoms with Gasteiger partial charge < -0.3 is 15.0 Å². The van der Waals surface area contributed by atoms with Crippen LogP contribution in [0, 0.1) is 0 Å². The second-order valence-electron chi connectivity index (χ2n) is 4.69. The molecule has 0 saturated heterocycles. The smallest absolute Gasteiger partial charge is 0.0589 e. The summed E-state index contributed by atoms with van der Waals surface area (Å²) in [7, 11) is 3.94. The van der Waals surface area contributed by atoms with E-state index in [1.54, 1.807) is 7.11 Å². The largest absolute Gasteiger partial charge is 0.383 e. The van der Waals surface area contributed by atoms with E-state index in [-0.39, 0.29) is 0 Å². The van der Waals surface area contributed by atoms with Gasteiger partial charge in [-0.05, 0) is 46.2 Å². The molecule has 90 valence electrons. The average Bonchev–Trinajstić information content (AvgIpc) is 3.04. The Kier molecular flexibility index (Phi) is 6.22. The highest BCUT2D eigenvalue weighted by atomic mass is 16.5. The third kappa shape index (κ3) is 6.13. The maximum absolute atomic E-state index is 5.07. The van der Waals surface area contributed by atoms with Crippen LogP contribution in [0.25, 0.3) is 0 Å². The van der Waals surface area contributed by atoms with E-state index in [0.29, 0.717) is 6.04 Å². The predicted molar refractivity (Wildman–Crippen MR) is 64.2 cm³/mol. The van der Waals surface area contributed by atoms with Crippen molar-refractivity contribution in [1.29, 1.82) is 0 Å². The van der Waals surface area contributed by atoms with Crippen LogP contribution in [0.4, 0.5) is 0 Å². The van der Waals surface area contributed by atoms with Crippen LogP contribution in [0.2, 0.25) is 0 Å². The first-order valence-corrected chi connectivity index (χ1v) is 6.16. The molecule has 3 nitrogen and oxygen atoms in total. The summed E-state index contributed by atoms with van der Waals surface area (Å²) in [5, 5.41) is 3.55. The molecule has 0 radical (unpaired) electrons. The summed E-state index contributed by atoms with van der Waals surface area (Å²) < 4.78 is 5.07. The van der Waals surface area contributed by atoms with Gasteiger partial charge in [0, 0.05) is 25.7 Å². The quantitative estimate of drug-likeness (QED) is 0.589. The van der Waals surface area contributed by atoms with Crippen molar-refractivity contribution in [3.8, 4) is 0 Å². The summed E-state index contributed by atoms with van der Waals surface area (Å²) in [4.78, 5) is 2.38. The lowest BCUT2D eigenvalue weighted by atomic mass is 10.1. The van der Waals surface area contributed by atoms with Gasteiger partial charge in [-0.1, -0.05) is 0 Å². The molecule has 0 aliphatic heterocycles. The molecule has 1 aliphatic carbocycles. The molecule has 0 aromatic carbocycles. The number of hydrogen-bond acceptors (Lipinski definition) is 3. The topological polar surface area (TPSA) is 24.5 Å². The maximum Gasteiger partial charge on any atom is 0.0589 e. The molecule has 0 spiro atoms. The fourth-order valence-electron chi connectivity index (χ4n) is 1.67. The minimum absolute atomic E-state index is 0.668. The average molecular weight is 214 g/mol. The summed E-state index contributed by atoms with van der Waals surface area (Å²) in [6.07, 6.45) is 5.35. The molecule has 3 heteroatoms. The minimum Gasteiger partial charge on any atom is -0.383 e. The van der Waals surface area contributed by atoms with Gasteiger partial charge in [0.15, 0.2) is 0 Å². The van der Waals surface area contributed by atoms with Crippen LogP contribution < -0.4 is 5.32 Å². The number of nitrogens with one attached hydrogen (secondary N) is 1. The Balaban J connectivity index is 1.92. The van der Waals surface area contributed by atoms with Crippen molar-refractivity contribution in [2.24, 2.45) is 0 Å². The molecule has 1 aliphatic rings. The molecule has 15 heavy (non-hydrogen) atoms. The molecule has 0 aromatic rings. The SMILES string of the molecule is COCCN(C)C(C)CCCNC1CC1. The Hall–Kier alpha value is -0.120. The Morgan fingerprint density at radius 3 is 2.80 bits per heavy atom. The van der Waals surface area contributed by atoms with Gasteiger partial charge in [-0.25, -0.2) is 0 Å². The Labute approximate surface area is 94.2 Å². The van der Waals surface area contributed by atoms with E-state index < -0.39 is 0 Å². The number of ether oxygens (including phenoxy) is 1. The van der Waals surface area contributed by atoms with Crippen molar-refractivity contribution in [3.05, 3.63) is 0 Å². The van der Waals surface area contributed by atoms with Gasteiger partial charge in [-0.15, -0.1) is 0 Å². The molecule has 1 unspecified atom stereocenters. The predicted octanol–water partition coefficient (Wildman–Crippen LogP) is 1.49. The van der Waals surface area contributed by atoms with Crippen LogP contribution in [0.15, 0.2) is 0 Å². The normalized spacial score (nSPS) is 18.4. The third-order valence-electron chi connectivity index (χ3n) is 3.21. The standard InChI is InChI=1S/C12H26N2O/c1-11(14(2)9-10-15-3)5-4-8-13-12-6-7-12/h11-13H,4-10H2,1-3H3. The molecular formula is C12H26N2O. The third-order valence-corrected chi connectivity index (χ3v) is 3.21. The van der Waals surface area contributed by atoms with Crippen LogP contribution in [-0.4, -0.2) is 50.8 Å². The van der Waals surface area contributed by atoms with E-state index in [1.807, 2.05) is 0 Å². The van der Waals surface area contributed by atoms with Crippen LogP contribution in [-0.2, 0) is 4.74 Å². The highest BCUT2D eigenvalue weighted by Gasteiger charge is 2.19. The Morgan fingerprint density at radius 1 is 1.47 bits per heavy atom. The van der Waals surface area contributed by atoms with Crippen molar-refractivity contribution in [2.75, 3.05) is 33.9 Å². The molecule has 1 fully saturated rings. The van der Waals surface area contributed by atoms with Crippen molar-refractivity contribution in [1.82, 2.24) is 10.2 Å². The first kappa shape index (κ1) is 12.9. The highest BCUT2D eigenvalue weighted by Crippen LogP contribution is 2.18. The number of likely N-dealkylation sites (N-methyl/N-ethyl adjacent to an activating group) is 1. The van der Waals surface area contributed by atoms with E-state index in [0.717, 1.165) is 19.2 Å². The van der Waals surface area contributed by atoms with E-state index >= 15 is 0 Å². The van der Waals surface area contributed by atoms with E-state index in [9.17, 15) is 0 Å². The summed E-state index contributed by atoms with van der Waals surface area (Å²) in [6.45, 7) is 5.36. The highest BCUT2D eigenvalue weighted by molar-refractivity contribution is 4.80. The van der Waals surface area contributed by atoms with Gasteiger partial charge in [0.05, 0.1) is 6.61 Å². The van der Waals surface area contributed by atoms with E-state index in [4.69, 9.17) is 4.74 Å². The Bertz CT molecular complexity index is 160. The van der Waals surface area contributed by atoms with Crippen molar-refractivity contribution >= 4 is 0 Å². The van der Waals surface area contributed by atoms with Gasteiger partial charge in [0.1, 0.15) is 0 Å². The summed E-state index contributed by atoms with van der Waals surface area (Å²) in [5.41, 5.74) is 0. The molecule has 0 heterocycles. The first-order valence-electron chi connectivity index (χ1n) is 6.16. The maximum atomic E-state index is 5.07. The summed E-state index contributed by atoms with van der Waals surface area (Å²) in [5.74, 6) is 0. The molecule has 1 N–H and O–H groups in total. The molecule has 1 rings (SSSR count). The number of hydrogen-bond donors (Lipinski definition) is 1. The van der Waals surface area contributed by atoms with Crippen LogP contribution >= 0.6 is 0 Å². The number of nitrogens with zero attached hydrogens (tertiary/aromatic N) is 1. The zero-order chi connectivity index (χ0) is 11.1. The monoisotopic (exact) mass is 214 g/mol. The molecule has 0 amide bonds. The van der Waals surface area contributed by atoms with Gasteiger partial charge in [-0.2, -0.15) is 0 Å². The lowest BCUT2D eigenvalue weighted by Gasteiger charge is -2.24. The second-order valence-corrected chi connectivity index (χ2v) is 4.69. The van der Waals surface area contributed by atoms with Gasteiger partial charge >= 0.3 is 0 Å². The first-order chi connectivity index (χ1) is 7.24. The molecule has 1 saturated carbocycles. The number of rotatable bonds is 9. The lowest BCUT2D eigenvalue weighted by Crippen LogP contribution is -2.32. The van der Waals surface area contributed by atoms with Crippen LogP contribution in [0.1, 0.15) is 32.6 Å². The zero-order valence-corrected chi connectivity index (χ0v) is 10.5. The molecule has 0 bridgehead atoms. The van der Waals surface area contributed by atoms with Gasteiger partial charge in [-0.3, -0.25) is 0 Å². The van der Waals surface area contributed by atoms with E-state index in [2.05, 4.69) is 24.2 Å². The molecule has 1 atom stereocenters. The molecular weight excluding hydrogens is 188 g/mol. The fraction of sp³-hybridized carbons (Fsp3) is 1.00. The summed E-state index contributed by atoms with van der Waals surface area (Å²) in [6, 6.07) is 1.52. The zero-order valence-electron chi connectivity index (χ0n) is 10.5.